The molecule has 0 unspecified atom stereocenters. The van der Waals surface area contributed by atoms with E-state index >= 15 is 0 Å². The first-order valence-corrected chi connectivity index (χ1v) is 22.2. The average molecular weight is 969 g/mol. The quantitative estimate of drug-likeness (QED) is 0.0716. The number of hydrogen-bond acceptors (Lipinski definition) is 12. The summed E-state index contributed by atoms with van der Waals surface area (Å²) in [5.41, 5.74) is 0.682. The lowest BCUT2D eigenvalue weighted by atomic mass is 9.88. The van der Waals surface area contributed by atoms with E-state index in [-0.39, 0.29) is 99.6 Å². The van der Waals surface area contributed by atoms with Gasteiger partial charge in [-0.15, -0.1) is 0 Å². The second kappa shape index (κ2) is 19.5. The molecular formula is C52H37ClF4N6O7. The Bertz CT molecular complexity index is 3420. The van der Waals surface area contributed by atoms with Gasteiger partial charge in [-0.05, 0) is 96.5 Å². The number of aromatic nitrogens is 6. The molecule has 0 atom stereocenters. The number of nitrogens with one attached hydrogen (secondary N) is 1. The lowest BCUT2D eigenvalue weighted by Crippen LogP contribution is -2.28. The normalized spacial score (nSPS) is 14.0. The van der Waals surface area contributed by atoms with Crippen molar-refractivity contribution in [2.45, 2.75) is 51.4 Å². The van der Waals surface area contributed by atoms with Gasteiger partial charge in [0.15, 0.2) is 74.6 Å². The molecule has 10 rings (SSSR count). The number of Topliss-reactive ketones (excluding diaryl/α,β-unsaturated/α-hetero) is 4. The highest BCUT2D eigenvalue weighted by atomic mass is 35.5. The van der Waals surface area contributed by atoms with Gasteiger partial charge in [-0.3, -0.25) is 24.0 Å². The number of carbonyl (C=O) groups is 4. The summed E-state index contributed by atoms with van der Waals surface area (Å²) < 4.78 is 67.2. The molecule has 0 bridgehead atoms. The summed E-state index contributed by atoms with van der Waals surface area (Å²) in [6, 6.07) is 22.7. The maximum absolute atomic E-state index is 14.8. The molecule has 2 aliphatic rings. The van der Waals surface area contributed by atoms with Crippen molar-refractivity contribution in [3.8, 4) is 23.0 Å². The summed E-state index contributed by atoms with van der Waals surface area (Å²) in [4.78, 5) is 85.8. The van der Waals surface area contributed by atoms with Gasteiger partial charge in [-0.2, -0.15) is 0 Å². The number of ketones is 4. The summed E-state index contributed by atoms with van der Waals surface area (Å²) in [5.74, 6) is -2.71. The zero-order valence-electron chi connectivity index (χ0n) is 36.7. The molecule has 0 spiro atoms. The number of aromatic amines is 1. The van der Waals surface area contributed by atoms with E-state index in [0.29, 0.717) is 53.5 Å². The van der Waals surface area contributed by atoms with E-state index in [0.717, 1.165) is 6.20 Å². The van der Waals surface area contributed by atoms with Crippen molar-refractivity contribution in [1.29, 1.82) is 0 Å². The van der Waals surface area contributed by atoms with Crippen LogP contribution < -0.4 is 15.0 Å². The Kier molecular flexibility index (Phi) is 13.1. The highest BCUT2D eigenvalue weighted by Gasteiger charge is 2.55. The van der Waals surface area contributed by atoms with Crippen LogP contribution in [0.5, 0.6) is 23.0 Å². The predicted molar refractivity (Wildman–Crippen MR) is 246 cm³/mol. The Morgan fingerprint density at radius 1 is 0.529 bits per heavy atom. The maximum atomic E-state index is 14.8. The second-order valence-electron chi connectivity index (χ2n) is 17.0. The van der Waals surface area contributed by atoms with Gasteiger partial charge in [0.25, 0.3) is 5.56 Å². The Hall–Kier alpha value is -8.05. The first kappa shape index (κ1) is 47.0. The predicted octanol–water partition coefficient (Wildman–Crippen LogP) is 9.54. The van der Waals surface area contributed by atoms with Gasteiger partial charge >= 0.3 is 0 Å². The fourth-order valence-electron chi connectivity index (χ4n) is 7.98. The summed E-state index contributed by atoms with van der Waals surface area (Å²) in [6.45, 7) is 0. The SMILES string of the molecule is O=C(Cc1ccc(F)cc1)C1(C(=O)Cc2ccc(Oc3ccnc4[nH]c(=O)cnc34)c(F)c2)CC1.O=C(Cc1ccc(F)cc1)C1(C(=O)Cc2ccc(Oc3ccnc4nc(Cl)cnc34)c(F)c2)CC1. The van der Waals surface area contributed by atoms with Crippen molar-refractivity contribution < 1.29 is 46.2 Å². The molecule has 8 aromatic rings. The van der Waals surface area contributed by atoms with E-state index in [2.05, 4.69) is 29.9 Å². The third-order valence-electron chi connectivity index (χ3n) is 12.2. The van der Waals surface area contributed by atoms with E-state index < -0.39 is 33.8 Å². The number of pyridine rings is 2. The van der Waals surface area contributed by atoms with Crippen molar-refractivity contribution in [2.24, 2.45) is 10.8 Å². The van der Waals surface area contributed by atoms with Crippen LogP contribution in [0.1, 0.15) is 47.9 Å². The lowest BCUT2D eigenvalue weighted by Gasteiger charge is -2.14. The van der Waals surface area contributed by atoms with Crippen LogP contribution >= 0.6 is 11.6 Å². The molecule has 1 N–H and O–H groups in total. The fraction of sp³-hybridized carbons (Fsp3) is 0.192. The molecular weight excluding hydrogens is 932 g/mol. The molecule has 2 fully saturated rings. The summed E-state index contributed by atoms with van der Waals surface area (Å²) in [5, 5.41) is 0.173. The number of benzene rings is 4. The number of H-pyrrole nitrogens is 1. The average Bonchev–Trinajstić information content (AvgIpc) is 4.28. The molecule has 4 aromatic carbocycles. The van der Waals surface area contributed by atoms with Crippen LogP contribution in [-0.4, -0.2) is 53.0 Å². The van der Waals surface area contributed by atoms with Gasteiger partial charge in [0.2, 0.25) is 0 Å². The van der Waals surface area contributed by atoms with Crippen molar-refractivity contribution in [1.82, 2.24) is 29.9 Å². The topological polar surface area (TPSA) is 184 Å². The third kappa shape index (κ3) is 10.3. The molecule has 13 nitrogen and oxygen atoms in total. The number of halogens is 5. The molecule has 0 amide bonds. The Balaban J connectivity index is 0.000000174. The summed E-state index contributed by atoms with van der Waals surface area (Å²) in [6.07, 6.45) is 7.06. The van der Waals surface area contributed by atoms with Gasteiger partial charge < -0.3 is 14.5 Å². The van der Waals surface area contributed by atoms with Crippen LogP contribution in [0, 0.1) is 34.1 Å². The molecule has 2 saturated carbocycles. The first-order chi connectivity index (χ1) is 33.7. The van der Waals surface area contributed by atoms with E-state index in [1.807, 2.05) is 0 Å². The molecule has 4 heterocycles. The van der Waals surface area contributed by atoms with E-state index in [4.69, 9.17) is 21.1 Å². The number of fused-ring (bicyclic) bond motifs is 2. The van der Waals surface area contributed by atoms with Gasteiger partial charge in [0.05, 0.1) is 23.2 Å². The Morgan fingerprint density at radius 3 is 1.43 bits per heavy atom. The second-order valence-corrected chi connectivity index (χ2v) is 17.4. The number of hydrogen-bond donors (Lipinski definition) is 1. The minimum atomic E-state index is -1.06. The van der Waals surface area contributed by atoms with Crippen molar-refractivity contribution in [3.63, 3.8) is 0 Å². The van der Waals surface area contributed by atoms with Gasteiger partial charge in [-0.1, -0.05) is 48.0 Å². The van der Waals surface area contributed by atoms with Gasteiger partial charge in [0, 0.05) is 50.2 Å². The van der Waals surface area contributed by atoms with E-state index in [1.165, 1.54) is 104 Å². The molecule has 352 valence electrons. The minimum absolute atomic E-state index is 0.0480. The Labute approximate surface area is 400 Å². The van der Waals surface area contributed by atoms with Crippen LogP contribution in [0.15, 0.2) is 127 Å². The monoisotopic (exact) mass is 968 g/mol. The van der Waals surface area contributed by atoms with Crippen LogP contribution in [0.25, 0.3) is 22.3 Å². The fourth-order valence-corrected chi connectivity index (χ4v) is 8.11. The van der Waals surface area contributed by atoms with E-state index in [1.54, 1.807) is 12.1 Å². The maximum Gasteiger partial charge on any atom is 0.268 e. The lowest BCUT2D eigenvalue weighted by molar-refractivity contribution is -0.135. The van der Waals surface area contributed by atoms with Crippen molar-refractivity contribution in [2.75, 3.05) is 0 Å². The smallest absolute Gasteiger partial charge is 0.268 e. The standard InChI is InChI=1S/C26H18ClF2N3O3.C26H19F2N3O4/c27-23-14-31-24-20(7-10-30-25(24)32-23)35-19-6-3-16(11-18(19)29)13-22(34)26(8-9-26)21(33)12-15-1-4-17(28)5-2-15;27-17-4-1-15(2-5-17)12-21(32)26(8-9-26)22(33)13-16-3-6-19(18(28)11-16)35-20-7-10-29-25-24(20)30-14-23(34)31-25/h1-7,10-11,14H,8-9,12-13H2;1-7,10-11,14H,8-9,12-13H2,(H,29,31,34). The summed E-state index contributed by atoms with van der Waals surface area (Å²) in [7, 11) is 0. The number of ether oxygens (including phenoxy) is 2. The molecule has 70 heavy (non-hydrogen) atoms. The molecule has 2 aliphatic carbocycles. The zero-order valence-corrected chi connectivity index (χ0v) is 37.4. The highest BCUT2D eigenvalue weighted by molar-refractivity contribution is 6.29. The minimum Gasteiger partial charge on any atom is -0.452 e. The van der Waals surface area contributed by atoms with E-state index in [9.17, 15) is 41.5 Å². The van der Waals surface area contributed by atoms with Crippen LogP contribution in [0.4, 0.5) is 17.6 Å². The molecule has 0 saturated heterocycles. The third-order valence-corrected chi connectivity index (χ3v) is 12.4. The zero-order chi connectivity index (χ0) is 49.2. The molecule has 0 aliphatic heterocycles. The Morgan fingerprint density at radius 2 is 0.957 bits per heavy atom. The van der Waals surface area contributed by atoms with Crippen molar-refractivity contribution in [3.05, 3.63) is 183 Å². The highest BCUT2D eigenvalue weighted by Crippen LogP contribution is 2.50. The van der Waals surface area contributed by atoms with Crippen LogP contribution in [0.2, 0.25) is 5.15 Å². The van der Waals surface area contributed by atoms with Crippen LogP contribution in [0.3, 0.4) is 0 Å². The van der Waals surface area contributed by atoms with Crippen LogP contribution in [-0.2, 0) is 44.9 Å². The van der Waals surface area contributed by atoms with Gasteiger partial charge in [0.1, 0.15) is 22.3 Å². The van der Waals surface area contributed by atoms with Crippen molar-refractivity contribution >= 4 is 57.1 Å². The summed E-state index contributed by atoms with van der Waals surface area (Å²) >= 11 is 5.84. The first-order valence-electron chi connectivity index (χ1n) is 21.8. The molecule has 18 heteroatoms. The number of carbonyl (C=O) groups excluding carboxylic acids is 4. The molecule has 4 aromatic heterocycles. The number of rotatable bonds is 16. The van der Waals surface area contributed by atoms with Gasteiger partial charge in [-0.25, -0.2) is 42.5 Å². The number of nitrogens with zero attached hydrogens (tertiary/aromatic N) is 5. The molecule has 0 radical (unpaired) electrons. The largest absolute Gasteiger partial charge is 0.452 e.